The molecule has 108 valence electrons. The summed E-state index contributed by atoms with van der Waals surface area (Å²) >= 11 is 0. The van der Waals surface area contributed by atoms with Gasteiger partial charge in [0.15, 0.2) is 0 Å². The van der Waals surface area contributed by atoms with Crippen molar-refractivity contribution in [1.82, 2.24) is 5.32 Å². The molecule has 0 saturated carbocycles. The van der Waals surface area contributed by atoms with Crippen LogP contribution < -0.4 is 10.1 Å². The second-order valence-corrected chi connectivity index (χ2v) is 5.92. The Labute approximate surface area is 118 Å². The molecule has 0 aliphatic carbocycles. The van der Waals surface area contributed by atoms with Gasteiger partial charge in [0.2, 0.25) is 0 Å². The van der Waals surface area contributed by atoms with Gasteiger partial charge in [-0.05, 0) is 56.0 Å². The number of hydrogen-bond acceptors (Lipinski definition) is 2. The van der Waals surface area contributed by atoms with Gasteiger partial charge in [-0.25, -0.2) is 0 Å². The van der Waals surface area contributed by atoms with Crippen LogP contribution in [-0.2, 0) is 0 Å². The number of likely N-dealkylation sites (N-methyl/N-ethyl adjacent to an activating group) is 1. The van der Waals surface area contributed by atoms with Gasteiger partial charge in [0.1, 0.15) is 11.4 Å². The first-order valence-corrected chi connectivity index (χ1v) is 7.41. The summed E-state index contributed by atoms with van der Waals surface area (Å²) in [6.07, 6.45) is 0.991. The molecule has 1 atom stereocenters. The quantitative estimate of drug-likeness (QED) is 0.793. The third-order valence-electron chi connectivity index (χ3n) is 3.60. The van der Waals surface area contributed by atoms with Crippen LogP contribution in [0.1, 0.15) is 58.1 Å². The lowest BCUT2D eigenvalue weighted by Gasteiger charge is -2.30. The van der Waals surface area contributed by atoms with Crippen LogP contribution in [-0.4, -0.2) is 18.7 Å². The second-order valence-electron chi connectivity index (χ2n) is 5.92. The molecule has 0 heterocycles. The van der Waals surface area contributed by atoms with Crippen LogP contribution in [0.3, 0.4) is 0 Å². The Bertz CT molecular complexity index is 400. The van der Waals surface area contributed by atoms with Gasteiger partial charge in [-0.2, -0.15) is 0 Å². The zero-order valence-electron chi connectivity index (χ0n) is 13.3. The van der Waals surface area contributed by atoms with Crippen LogP contribution in [0.5, 0.6) is 5.75 Å². The van der Waals surface area contributed by atoms with Crippen molar-refractivity contribution in [2.45, 2.75) is 59.5 Å². The molecule has 1 unspecified atom stereocenters. The minimum absolute atomic E-state index is 0.141. The number of nitrogens with one attached hydrogen (secondary N) is 1. The Hall–Kier alpha value is -1.02. The van der Waals surface area contributed by atoms with Crippen molar-refractivity contribution in [1.29, 1.82) is 0 Å². The van der Waals surface area contributed by atoms with Crippen molar-refractivity contribution < 1.29 is 4.74 Å². The average molecular weight is 263 g/mol. The molecule has 1 N–H and O–H groups in total. The maximum Gasteiger partial charge on any atom is 0.120 e. The largest absolute Gasteiger partial charge is 0.486 e. The summed E-state index contributed by atoms with van der Waals surface area (Å²) in [5.41, 5.74) is 2.47. The maximum atomic E-state index is 6.26. The third kappa shape index (κ3) is 4.87. The average Bonchev–Trinajstić information content (AvgIpc) is 2.35. The third-order valence-corrected chi connectivity index (χ3v) is 3.60. The van der Waals surface area contributed by atoms with Crippen LogP contribution in [0.15, 0.2) is 18.2 Å². The lowest BCUT2D eigenvalue weighted by Crippen LogP contribution is -2.42. The van der Waals surface area contributed by atoms with E-state index < -0.39 is 0 Å². The summed E-state index contributed by atoms with van der Waals surface area (Å²) in [5.74, 6) is 1.52. The van der Waals surface area contributed by atoms with Gasteiger partial charge in [-0.3, -0.25) is 0 Å². The highest BCUT2D eigenvalue weighted by Crippen LogP contribution is 2.26. The molecule has 0 aliphatic rings. The Balaban J connectivity index is 2.90. The van der Waals surface area contributed by atoms with Gasteiger partial charge >= 0.3 is 0 Å². The molecule has 0 spiro atoms. The number of benzene rings is 1. The molecular formula is C17H29NO. The zero-order chi connectivity index (χ0) is 14.5. The van der Waals surface area contributed by atoms with E-state index in [0.29, 0.717) is 5.92 Å². The van der Waals surface area contributed by atoms with Crippen LogP contribution >= 0.6 is 0 Å². The van der Waals surface area contributed by atoms with Crippen molar-refractivity contribution in [3.05, 3.63) is 29.3 Å². The van der Waals surface area contributed by atoms with E-state index >= 15 is 0 Å². The van der Waals surface area contributed by atoms with Crippen molar-refractivity contribution in [2.75, 3.05) is 13.1 Å². The molecule has 0 fully saturated rings. The highest BCUT2D eigenvalue weighted by atomic mass is 16.5. The second kappa shape index (κ2) is 6.95. The molecule has 0 radical (unpaired) electrons. The smallest absolute Gasteiger partial charge is 0.120 e. The summed E-state index contributed by atoms with van der Waals surface area (Å²) in [4.78, 5) is 0. The van der Waals surface area contributed by atoms with Gasteiger partial charge in [0.05, 0.1) is 0 Å². The molecule has 0 aromatic heterocycles. The molecule has 0 saturated heterocycles. The Morgan fingerprint density at radius 3 is 2.42 bits per heavy atom. The summed E-state index contributed by atoms with van der Waals surface area (Å²) in [7, 11) is 0. The van der Waals surface area contributed by atoms with Gasteiger partial charge in [-0.15, -0.1) is 0 Å². The Morgan fingerprint density at radius 1 is 1.21 bits per heavy atom. The van der Waals surface area contributed by atoms with E-state index in [-0.39, 0.29) is 5.60 Å². The van der Waals surface area contributed by atoms with E-state index in [1.807, 2.05) is 0 Å². The lowest BCUT2D eigenvalue weighted by molar-refractivity contribution is 0.0840. The van der Waals surface area contributed by atoms with Gasteiger partial charge < -0.3 is 10.1 Å². The predicted molar refractivity (Wildman–Crippen MR) is 83.1 cm³/mol. The van der Waals surface area contributed by atoms with Crippen molar-refractivity contribution >= 4 is 0 Å². The molecule has 1 rings (SSSR count). The van der Waals surface area contributed by atoms with E-state index in [2.05, 4.69) is 65.1 Å². The molecule has 1 aromatic carbocycles. The highest BCUT2D eigenvalue weighted by molar-refractivity contribution is 5.35. The highest BCUT2D eigenvalue weighted by Gasteiger charge is 2.23. The number of ether oxygens (including phenoxy) is 1. The van der Waals surface area contributed by atoms with E-state index in [4.69, 9.17) is 4.74 Å². The zero-order valence-corrected chi connectivity index (χ0v) is 13.3. The van der Waals surface area contributed by atoms with Gasteiger partial charge in [0, 0.05) is 6.54 Å². The molecule has 2 nitrogen and oxygen atoms in total. The molecule has 0 aliphatic heterocycles. The first kappa shape index (κ1) is 16.0. The molecule has 2 heteroatoms. The minimum atomic E-state index is -0.141. The Kier molecular flexibility index (Phi) is 5.86. The van der Waals surface area contributed by atoms with E-state index in [1.54, 1.807) is 0 Å². The van der Waals surface area contributed by atoms with Crippen molar-refractivity contribution in [2.24, 2.45) is 0 Å². The predicted octanol–water partition coefficient (Wildman–Crippen LogP) is 4.28. The standard InChI is InChI=1S/C17H29NO/c1-7-17(6,12-18-8-2)19-16-10-14(5)9-15(11-16)13(3)4/h9-11,13,18H,7-8,12H2,1-6H3. The normalized spacial score (nSPS) is 14.5. The molecule has 0 bridgehead atoms. The van der Waals surface area contributed by atoms with E-state index in [9.17, 15) is 0 Å². The summed E-state index contributed by atoms with van der Waals surface area (Å²) in [5, 5.41) is 3.39. The number of rotatable bonds is 7. The number of hydrogen-bond donors (Lipinski definition) is 1. The summed E-state index contributed by atoms with van der Waals surface area (Å²) < 4.78 is 6.26. The first-order valence-electron chi connectivity index (χ1n) is 7.41. The fourth-order valence-electron chi connectivity index (χ4n) is 2.08. The van der Waals surface area contributed by atoms with Crippen molar-refractivity contribution in [3.63, 3.8) is 0 Å². The number of aryl methyl sites for hydroxylation is 1. The fraction of sp³-hybridized carbons (Fsp3) is 0.647. The molecule has 1 aromatic rings. The van der Waals surface area contributed by atoms with Crippen LogP contribution in [0.2, 0.25) is 0 Å². The SMILES string of the molecule is CCNCC(C)(CC)Oc1cc(C)cc(C(C)C)c1. The van der Waals surface area contributed by atoms with Gasteiger partial charge in [0.25, 0.3) is 0 Å². The Morgan fingerprint density at radius 2 is 1.89 bits per heavy atom. The topological polar surface area (TPSA) is 21.3 Å². The fourth-order valence-corrected chi connectivity index (χ4v) is 2.08. The molecular weight excluding hydrogens is 234 g/mol. The molecule has 0 amide bonds. The lowest BCUT2D eigenvalue weighted by atomic mass is 10.00. The monoisotopic (exact) mass is 263 g/mol. The van der Waals surface area contributed by atoms with E-state index in [1.165, 1.54) is 11.1 Å². The summed E-state index contributed by atoms with van der Waals surface area (Å²) in [6.45, 7) is 14.9. The minimum Gasteiger partial charge on any atom is -0.486 e. The van der Waals surface area contributed by atoms with Crippen molar-refractivity contribution in [3.8, 4) is 5.75 Å². The molecule has 19 heavy (non-hydrogen) atoms. The van der Waals surface area contributed by atoms with Crippen LogP contribution in [0.4, 0.5) is 0 Å². The first-order chi connectivity index (χ1) is 8.90. The van der Waals surface area contributed by atoms with Gasteiger partial charge in [-0.1, -0.05) is 33.8 Å². The summed E-state index contributed by atoms with van der Waals surface area (Å²) in [6, 6.07) is 6.55. The van der Waals surface area contributed by atoms with E-state index in [0.717, 1.165) is 25.3 Å². The van der Waals surface area contributed by atoms with Crippen LogP contribution in [0.25, 0.3) is 0 Å². The maximum absolute atomic E-state index is 6.26. The van der Waals surface area contributed by atoms with Crippen LogP contribution in [0, 0.1) is 6.92 Å².